The summed E-state index contributed by atoms with van der Waals surface area (Å²) < 4.78 is 0. The van der Waals surface area contributed by atoms with Crippen LogP contribution in [0.3, 0.4) is 0 Å². The van der Waals surface area contributed by atoms with E-state index in [-0.39, 0.29) is 5.56 Å². The molecule has 1 aliphatic rings. The van der Waals surface area contributed by atoms with Gasteiger partial charge in [0.25, 0.3) is 0 Å². The van der Waals surface area contributed by atoms with Crippen molar-refractivity contribution in [1.82, 2.24) is 0 Å². The minimum atomic E-state index is -0.930. The van der Waals surface area contributed by atoms with E-state index in [1.165, 1.54) is 5.57 Å². The van der Waals surface area contributed by atoms with Gasteiger partial charge in [0, 0.05) is 12.1 Å². The number of aliphatic imine (C=N–C) groups is 1. The number of carbonyl (C=O) groups is 1. The Morgan fingerprint density at radius 2 is 2.16 bits per heavy atom. The van der Waals surface area contributed by atoms with E-state index in [9.17, 15) is 4.79 Å². The quantitative estimate of drug-likeness (QED) is 0.655. The van der Waals surface area contributed by atoms with Crippen LogP contribution in [0.5, 0.6) is 0 Å². The summed E-state index contributed by atoms with van der Waals surface area (Å²) >= 11 is 0. The van der Waals surface area contributed by atoms with E-state index in [0.717, 1.165) is 12.8 Å². The average Bonchev–Trinajstić information content (AvgIpc) is 2.38. The maximum atomic E-state index is 11.1. The summed E-state index contributed by atoms with van der Waals surface area (Å²) in [5.74, 6) is -0.0692. The van der Waals surface area contributed by atoms with Gasteiger partial charge in [-0.3, -0.25) is 4.99 Å². The monoisotopic (exact) mass is 257 g/mol. The molecule has 1 aromatic carbocycles. The standard InChI is InChI=1S/C16H19NO2/c1-11-7-8-13(12(2)9-11)10-17-15-6-4-3-5-14(15)16(18)19/h3-6,9-10,12-13H,7-8H2,1-2H3,(H,18,19). The van der Waals surface area contributed by atoms with Gasteiger partial charge in [-0.2, -0.15) is 0 Å². The Labute approximate surface area is 113 Å². The summed E-state index contributed by atoms with van der Waals surface area (Å²) in [5, 5.41) is 9.11. The SMILES string of the molecule is CC1=CC(C)C(C=Nc2ccccc2C(=O)O)CC1. The van der Waals surface area contributed by atoms with Crippen molar-refractivity contribution < 1.29 is 9.90 Å². The molecule has 3 nitrogen and oxygen atoms in total. The van der Waals surface area contributed by atoms with Gasteiger partial charge in [0.2, 0.25) is 0 Å². The van der Waals surface area contributed by atoms with E-state index in [1.807, 2.05) is 12.3 Å². The summed E-state index contributed by atoms with van der Waals surface area (Å²) in [4.78, 5) is 15.5. The van der Waals surface area contributed by atoms with Crippen LogP contribution in [-0.4, -0.2) is 17.3 Å². The summed E-state index contributed by atoms with van der Waals surface area (Å²) in [6, 6.07) is 6.86. The predicted molar refractivity (Wildman–Crippen MR) is 77.2 cm³/mol. The lowest BCUT2D eigenvalue weighted by Gasteiger charge is -2.23. The van der Waals surface area contributed by atoms with E-state index < -0.39 is 5.97 Å². The highest BCUT2D eigenvalue weighted by molar-refractivity contribution is 5.94. The lowest BCUT2D eigenvalue weighted by atomic mass is 9.83. The zero-order valence-electron chi connectivity index (χ0n) is 11.3. The van der Waals surface area contributed by atoms with Gasteiger partial charge in [-0.05, 0) is 37.8 Å². The number of carboxylic acids is 1. The van der Waals surface area contributed by atoms with Crippen LogP contribution in [0.1, 0.15) is 37.0 Å². The first-order valence-electron chi connectivity index (χ1n) is 6.61. The van der Waals surface area contributed by atoms with Crippen molar-refractivity contribution >= 4 is 17.9 Å². The molecule has 2 atom stereocenters. The predicted octanol–water partition coefficient (Wildman–Crippen LogP) is 4.08. The fraction of sp³-hybridized carbons (Fsp3) is 0.375. The number of benzene rings is 1. The molecule has 3 heteroatoms. The van der Waals surface area contributed by atoms with Gasteiger partial charge in [0.15, 0.2) is 0 Å². The summed E-state index contributed by atoms with van der Waals surface area (Å²) in [5.41, 5.74) is 2.23. The highest BCUT2D eigenvalue weighted by atomic mass is 16.4. The molecule has 0 aromatic heterocycles. The minimum Gasteiger partial charge on any atom is -0.478 e. The zero-order valence-corrected chi connectivity index (χ0v) is 11.3. The van der Waals surface area contributed by atoms with Crippen LogP contribution in [0.2, 0.25) is 0 Å². The largest absolute Gasteiger partial charge is 0.478 e. The Bertz CT molecular complexity index is 531. The third-order valence-corrected chi connectivity index (χ3v) is 3.63. The van der Waals surface area contributed by atoms with Gasteiger partial charge < -0.3 is 5.11 Å². The zero-order chi connectivity index (χ0) is 13.8. The third kappa shape index (κ3) is 3.31. The van der Waals surface area contributed by atoms with E-state index in [4.69, 9.17) is 5.11 Å². The van der Waals surface area contributed by atoms with Gasteiger partial charge >= 0.3 is 5.97 Å². The first-order chi connectivity index (χ1) is 9.08. The van der Waals surface area contributed by atoms with Crippen LogP contribution in [0.4, 0.5) is 5.69 Å². The molecule has 19 heavy (non-hydrogen) atoms. The molecular formula is C16H19NO2. The molecule has 0 amide bonds. The van der Waals surface area contributed by atoms with Crippen molar-refractivity contribution in [2.45, 2.75) is 26.7 Å². The molecule has 1 aliphatic carbocycles. The molecule has 0 fully saturated rings. The van der Waals surface area contributed by atoms with Gasteiger partial charge in [0.1, 0.15) is 0 Å². The van der Waals surface area contributed by atoms with E-state index in [2.05, 4.69) is 24.9 Å². The van der Waals surface area contributed by atoms with Crippen molar-refractivity contribution in [3.8, 4) is 0 Å². The molecule has 0 saturated heterocycles. The molecule has 2 rings (SSSR count). The average molecular weight is 257 g/mol. The number of rotatable bonds is 3. The van der Waals surface area contributed by atoms with Gasteiger partial charge in [0.05, 0.1) is 11.3 Å². The van der Waals surface area contributed by atoms with Crippen LogP contribution < -0.4 is 0 Å². The Hall–Kier alpha value is -1.90. The van der Waals surface area contributed by atoms with Gasteiger partial charge in [-0.25, -0.2) is 4.79 Å². The first-order valence-corrected chi connectivity index (χ1v) is 6.61. The summed E-state index contributed by atoms with van der Waals surface area (Å²) in [6.07, 6.45) is 6.38. The molecular weight excluding hydrogens is 238 g/mol. The molecule has 1 aromatic rings. The third-order valence-electron chi connectivity index (χ3n) is 3.63. The fourth-order valence-corrected chi connectivity index (χ4v) is 2.47. The van der Waals surface area contributed by atoms with E-state index >= 15 is 0 Å². The van der Waals surface area contributed by atoms with Crippen LogP contribution in [0, 0.1) is 11.8 Å². The Morgan fingerprint density at radius 3 is 2.84 bits per heavy atom. The number of nitrogens with zero attached hydrogens (tertiary/aromatic N) is 1. The molecule has 0 heterocycles. The minimum absolute atomic E-state index is 0.258. The molecule has 0 saturated carbocycles. The van der Waals surface area contributed by atoms with Crippen molar-refractivity contribution in [3.05, 3.63) is 41.5 Å². The molecule has 0 radical (unpaired) electrons. The molecule has 0 aliphatic heterocycles. The second-order valence-electron chi connectivity index (χ2n) is 5.18. The Morgan fingerprint density at radius 1 is 1.42 bits per heavy atom. The topological polar surface area (TPSA) is 49.7 Å². The molecule has 100 valence electrons. The number of para-hydroxylation sites is 1. The van der Waals surface area contributed by atoms with Gasteiger partial charge in [-0.1, -0.05) is 30.7 Å². The highest BCUT2D eigenvalue weighted by Crippen LogP contribution is 2.28. The van der Waals surface area contributed by atoms with E-state index in [0.29, 0.717) is 17.5 Å². The van der Waals surface area contributed by atoms with Crippen molar-refractivity contribution in [1.29, 1.82) is 0 Å². The molecule has 2 unspecified atom stereocenters. The highest BCUT2D eigenvalue weighted by Gasteiger charge is 2.18. The second-order valence-corrected chi connectivity index (χ2v) is 5.18. The summed E-state index contributed by atoms with van der Waals surface area (Å²) in [6.45, 7) is 4.34. The number of hydrogen-bond donors (Lipinski definition) is 1. The first kappa shape index (κ1) is 13.5. The number of aromatic carboxylic acids is 1. The normalized spacial score (nSPS) is 23.4. The fourth-order valence-electron chi connectivity index (χ4n) is 2.47. The maximum Gasteiger partial charge on any atom is 0.337 e. The maximum absolute atomic E-state index is 11.1. The lowest BCUT2D eigenvalue weighted by molar-refractivity contribution is 0.0698. The van der Waals surface area contributed by atoms with Crippen molar-refractivity contribution in [3.63, 3.8) is 0 Å². The number of carboxylic acid groups (broad SMARTS) is 1. The molecule has 0 spiro atoms. The number of hydrogen-bond acceptors (Lipinski definition) is 2. The van der Waals surface area contributed by atoms with Gasteiger partial charge in [-0.15, -0.1) is 0 Å². The Balaban J connectivity index is 2.18. The second kappa shape index (κ2) is 5.83. The van der Waals surface area contributed by atoms with Crippen LogP contribution >= 0.6 is 0 Å². The Kier molecular flexibility index (Phi) is 4.15. The smallest absolute Gasteiger partial charge is 0.337 e. The van der Waals surface area contributed by atoms with E-state index in [1.54, 1.807) is 18.2 Å². The van der Waals surface area contributed by atoms with Crippen LogP contribution in [0.25, 0.3) is 0 Å². The van der Waals surface area contributed by atoms with Crippen molar-refractivity contribution in [2.75, 3.05) is 0 Å². The van der Waals surface area contributed by atoms with Crippen LogP contribution in [-0.2, 0) is 0 Å². The lowest BCUT2D eigenvalue weighted by Crippen LogP contribution is -2.15. The van der Waals surface area contributed by atoms with Crippen LogP contribution in [0.15, 0.2) is 40.9 Å². The molecule has 0 bridgehead atoms. The van der Waals surface area contributed by atoms with Crippen molar-refractivity contribution in [2.24, 2.45) is 16.8 Å². The number of allylic oxidation sites excluding steroid dienone is 2. The molecule has 1 N–H and O–H groups in total. The summed E-state index contributed by atoms with van der Waals surface area (Å²) in [7, 11) is 0.